The van der Waals surface area contributed by atoms with E-state index in [9.17, 15) is 8.78 Å². The molecular weight excluding hydrogens is 362 g/mol. The van der Waals surface area contributed by atoms with Crippen LogP contribution in [0, 0.1) is 18.6 Å². The van der Waals surface area contributed by atoms with Crippen molar-refractivity contribution in [3.63, 3.8) is 0 Å². The van der Waals surface area contributed by atoms with E-state index >= 15 is 0 Å². The standard InChI is InChI=1S/C18H11ClF2N4O/c1-9-2-4-11(13(19)6-9)16-12-8-22-18(23-17(12)25-24-16)26-15-5-3-10(20)7-14(15)21/h2-8H,1H3,(H,22,23,24,25). The fourth-order valence-electron chi connectivity index (χ4n) is 2.52. The smallest absolute Gasteiger partial charge is 0.324 e. The third kappa shape index (κ3) is 2.97. The van der Waals surface area contributed by atoms with Crippen LogP contribution in [0.5, 0.6) is 11.8 Å². The molecule has 4 aromatic rings. The molecule has 0 bridgehead atoms. The van der Waals surface area contributed by atoms with Gasteiger partial charge in [0.15, 0.2) is 17.2 Å². The van der Waals surface area contributed by atoms with Crippen molar-refractivity contribution in [3.8, 4) is 23.0 Å². The van der Waals surface area contributed by atoms with Gasteiger partial charge in [-0.2, -0.15) is 10.1 Å². The van der Waals surface area contributed by atoms with Gasteiger partial charge in [-0.15, -0.1) is 0 Å². The Labute approximate surface area is 151 Å². The molecule has 2 aromatic heterocycles. The molecule has 0 aliphatic heterocycles. The highest BCUT2D eigenvalue weighted by molar-refractivity contribution is 6.33. The molecule has 0 saturated heterocycles. The predicted molar refractivity (Wildman–Crippen MR) is 93.3 cm³/mol. The van der Waals surface area contributed by atoms with Gasteiger partial charge in [0.2, 0.25) is 0 Å². The molecule has 2 heterocycles. The van der Waals surface area contributed by atoms with Crippen molar-refractivity contribution in [3.05, 3.63) is 64.8 Å². The molecule has 0 spiro atoms. The number of hydrogen-bond donors (Lipinski definition) is 1. The second-order valence-electron chi connectivity index (χ2n) is 5.65. The Kier molecular flexibility index (Phi) is 4.00. The summed E-state index contributed by atoms with van der Waals surface area (Å²) in [6, 6.07) is 8.53. The molecule has 0 atom stereocenters. The molecule has 5 nitrogen and oxygen atoms in total. The van der Waals surface area contributed by atoms with Gasteiger partial charge in [0, 0.05) is 17.8 Å². The zero-order valence-electron chi connectivity index (χ0n) is 13.4. The predicted octanol–water partition coefficient (Wildman–Crippen LogP) is 5.05. The second-order valence-corrected chi connectivity index (χ2v) is 6.05. The number of H-pyrrole nitrogens is 1. The van der Waals surface area contributed by atoms with Crippen molar-refractivity contribution in [1.29, 1.82) is 0 Å². The highest BCUT2D eigenvalue weighted by Gasteiger charge is 2.15. The lowest BCUT2D eigenvalue weighted by atomic mass is 10.1. The molecule has 26 heavy (non-hydrogen) atoms. The van der Waals surface area contributed by atoms with Gasteiger partial charge in [-0.05, 0) is 30.7 Å². The molecule has 0 fully saturated rings. The van der Waals surface area contributed by atoms with Crippen molar-refractivity contribution < 1.29 is 13.5 Å². The molecule has 1 N–H and O–H groups in total. The van der Waals surface area contributed by atoms with Gasteiger partial charge in [0.1, 0.15) is 11.5 Å². The molecule has 0 aliphatic rings. The third-order valence-electron chi connectivity index (χ3n) is 3.77. The van der Waals surface area contributed by atoms with Gasteiger partial charge < -0.3 is 4.74 Å². The SMILES string of the molecule is Cc1ccc(-c2n[nH]c3nc(Oc4ccc(F)cc4F)ncc23)c(Cl)c1. The van der Waals surface area contributed by atoms with Crippen LogP contribution >= 0.6 is 11.6 Å². The number of aromatic nitrogens is 4. The molecule has 2 aromatic carbocycles. The molecule has 130 valence electrons. The van der Waals surface area contributed by atoms with Crippen LogP contribution in [-0.4, -0.2) is 20.2 Å². The Morgan fingerprint density at radius 2 is 1.96 bits per heavy atom. The number of aryl methyl sites for hydroxylation is 1. The highest BCUT2D eigenvalue weighted by atomic mass is 35.5. The van der Waals surface area contributed by atoms with Crippen molar-refractivity contribution in [1.82, 2.24) is 20.2 Å². The molecule has 0 amide bonds. The number of hydrogen-bond acceptors (Lipinski definition) is 4. The van der Waals surface area contributed by atoms with E-state index in [-0.39, 0.29) is 11.8 Å². The monoisotopic (exact) mass is 372 g/mol. The first-order valence-electron chi connectivity index (χ1n) is 7.62. The number of nitrogens with one attached hydrogen (secondary N) is 1. The Morgan fingerprint density at radius 1 is 1.12 bits per heavy atom. The van der Waals surface area contributed by atoms with Crippen molar-refractivity contribution in [2.24, 2.45) is 0 Å². The topological polar surface area (TPSA) is 63.7 Å². The quantitative estimate of drug-likeness (QED) is 0.546. The molecule has 8 heteroatoms. The van der Waals surface area contributed by atoms with E-state index in [1.165, 1.54) is 12.3 Å². The summed E-state index contributed by atoms with van der Waals surface area (Å²) in [6.07, 6.45) is 1.51. The number of benzene rings is 2. The van der Waals surface area contributed by atoms with Crippen LogP contribution in [0.2, 0.25) is 5.02 Å². The Hall–Kier alpha value is -3.06. The summed E-state index contributed by atoms with van der Waals surface area (Å²) in [7, 11) is 0. The van der Waals surface area contributed by atoms with E-state index in [1.54, 1.807) is 0 Å². The normalized spacial score (nSPS) is 11.1. The average molecular weight is 373 g/mol. The summed E-state index contributed by atoms with van der Waals surface area (Å²) < 4.78 is 32.0. The Balaban J connectivity index is 1.71. The Bertz CT molecular complexity index is 1130. The molecule has 0 radical (unpaired) electrons. The minimum Gasteiger partial charge on any atom is -0.421 e. The minimum absolute atomic E-state index is 0.0896. The minimum atomic E-state index is -0.842. The summed E-state index contributed by atoms with van der Waals surface area (Å²) in [5.41, 5.74) is 2.78. The van der Waals surface area contributed by atoms with Crippen LogP contribution in [0.3, 0.4) is 0 Å². The number of nitrogens with zero attached hydrogens (tertiary/aromatic N) is 3. The van der Waals surface area contributed by atoms with Crippen LogP contribution in [0.25, 0.3) is 22.3 Å². The fraction of sp³-hybridized carbons (Fsp3) is 0.0556. The largest absolute Gasteiger partial charge is 0.421 e. The lowest BCUT2D eigenvalue weighted by Crippen LogP contribution is -1.94. The first kappa shape index (κ1) is 16.4. The highest BCUT2D eigenvalue weighted by Crippen LogP contribution is 2.32. The van der Waals surface area contributed by atoms with Gasteiger partial charge in [-0.3, -0.25) is 5.10 Å². The van der Waals surface area contributed by atoms with Crippen LogP contribution in [0.1, 0.15) is 5.56 Å². The van der Waals surface area contributed by atoms with E-state index in [0.717, 1.165) is 23.3 Å². The summed E-state index contributed by atoms with van der Waals surface area (Å²) in [6.45, 7) is 1.94. The van der Waals surface area contributed by atoms with E-state index in [2.05, 4.69) is 20.2 Å². The van der Waals surface area contributed by atoms with E-state index in [1.807, 2.05) is 25.1 Å². The van der Waals surface area contributed by atoms with E-state index in [0.29, 0.717) is 21.7 Å². The summed E-state index contributed by atoms with van der Waals surface area (Å²) in [5.74, 6) is -1.71. The van der Waals surface area contributed by atoms with Crippen LogP contribution in [0.4, 0.5) is 8.78 Å². The number of aromatic amines is 1. The number of halogens is 3. The number of ether oxygens (including phenoxy) is 1. The van der Waals surface area contributed by atoms with E-state index in [4.69, 9.17) is 16.3 Å². The maximum atomic E-state index is 13.7. The van der Waals surface area contributed by atoms with E-state index < -0.39 is 11.6 Å². The lowest BCUT2D eigenvalue weighted by Gasteiger charge is -2.05. The summed E-state index contributed by atoms with van der Waals surface area (Å²) in [5, 5.41) is 8.23. The van der Waals surface area contributed by atoms with Crippen molar-refractivity contribution in [2.45, 2.75) is 6.92 Å². The van der Waals surface area contributed by atoms with Gasteiger partial charge in [-0.25, -0.2) is 13.8 Å². The number of fused-ring (bicyclic) bond motifs is 1. The fourth-order valence-corrected chi connectivity index (χ4v) is 2.84. The molecule has 4 rings (SSSR count). The molecule has 0 saturated carbocycles. The third-order valence-corrected chi connectivity index (χ3v) is 4.08. The van der Waals surface area contributed by atoms with Crippen LogP contribution in [-0.2, 0) is 0 Å². The molecule has 0 unspecified atom stereocenters. The van der Waals surface area contributed by atoms with Crippen LogP contribution < -0.4 is 4.74 Å². The maximum absolute atomic E-state index is 13.7. The average Bonchev–Trinajstić information content (AvgIpc) is 3.00. The van der Waals surface area contributed by atoms with Crippen molar-refractivity contribution >= 4 is 22.6 Å². The molecule has 0 aliphatic carbocycles. The van der Waals surface area contributed by atoms with Gasteiger partial charge in [0.05, 0.1) is 10.4 Å². The van der Waals surface area contributed by atoms with Crippen molar-refractivity contribution in [2.75, 3.05) is 0 Å². The summed E-state index contributed by atoms with van der Waals surface area (Å²) in [4.78, 5) is 8.25. The lowest BCUT2D eigenvalue weighted by molar-refractivity contribution is 0.409. The zero-order chi connectivity index (χ0) is 18.3. The zero-order valence-corrected chi connectivity index (χ0v) is 14.2. The summed E-state index contributed by atoms with van der Waals surface area (Å²) >= 11 is 6.30. The first-order valence-corrected chi connectivity index (χ1v) is 7.99. The van der Waals surface area contributed by atoms with Gasteiger partial charge in [0.25, 0.3) is 0 Å². The first-order chi connectivity index (χ1) is 12.5. The Morgan fingerprint density at radius 3 is 2.73 bits per heavy atom. The van der Waals surface area contributed by atoms with Gasteiger partial charge in [-0.1, -0.05) is 23.7 Å². The second kappa shape index (κ2) is 6.34. The van der Waals surface area contributed by atoms with Gasteiger partial charge >= 0.3 is 6.01 Å². The van der Waals surface area contributed by atoms with Crippen LogP contribution in [0.15, 0.2) is 42.6 Å². The number of rotatable bonds is 3. The molecular formula is C18H11ClF2N4O. The maximum Gasteiger partial charge on any atom is 0.324 e.